The second-order valence-corrected chi connectivity index (χ2v) is 22.9. The summed E-state index contributed by atoms with van der Waals surface area (Å²) in [5.41, 5.74) is 0. The number of unbranched alkanes of at least 4 members (excludes halogenated alkanes) is 28. The monoisotopic (exact) mass is 1160 g/mol. The Bertz CT molecular complexity index is 1770. The Morgan fingerprint density at radius 1 is 0.494 bits per heavy atom. The molecule has 0 aromatic heterocycles. The number of nitrogens with one attached hydrogen (secondary N) is 1. The number of rotatable bonds is 56. The maximum Gasteiger partial charge on any atom is 0.306 e. The lowest BCUT2D eigenvalue weighted by Crippen LogP contribution is -2.61. The Morgan fingerprint density at radius 2 is 0.928 bits per heavy atom. The van der Waals surface area contributed by atoms with Gasteiger partial charge in [0.15, 0.2) is 12.4 Å². The summed E-state index contributed by atoms with van der Waals surface area (Å²) >= 11 is 0. The highest BCUT2D eigenvalue weighted by Gasteiger charge is 2.47. The standard InChI is InChI=1S/C72H123NO10/c1-4-7-10-13-16-19-22-25-27-28-29-30-31-32-33-34-35-36-37-39-41-44-47-50-53-56-59-65(76)71(80)73-63(64(75)58-55-52-49-46-43-40-24-21-18-15-12-9-6-3)62-81-72-70(69(79)68(78)66(61-74)82-72)83-67(77)60-57-54-51-48-45-42-38-26-23-20-17-14-11-8-5-2/h7-8,10-11,14,16-17,19-20,23,25,27,29-30,32-33,55,58,63-66,68-70,72,74-76,78-79H,4-6,9,12-13,15,18,21-22,24,26,28,31,34-54,56-57,59-62H2,1-3H3,(H,73,80)/b10-7-,11-8+,17-14+,19-16-,23-20+,27-25-,30-29-,33-32-,58-55+. The van der Waals surface area contributed by atoms with Gasteiger partial charge in [-0.1, -0.05) is 284 Å². The third-order valence-corrected chi connectivity index (χ3v) is 15.2. The molecule has 1 fully saturated rings. The highest BCUT2D eigenvalue weighted by molar-refractivity contribution is 5.80. The largest absolute Gasteiger partial charge is 0.454 e. The highest BCUT2D eigenvalue weighted by Crippen LogP contribution is 2.26. The van der Waals surface area contributed by atoms with Gasteiger partial charge in [-0.3, -0.25) is 9.59 Å². The van der Waals surface area contributed by atoms with E-state index < -0.39 is 67.4 Å². The van der Waals surface area contributed by atoms with Crippen molar-refractivity contribution in [3.63, 3.8) is 0 Å². The van der Waals surface area contributed by atoms with Crippen LogP contribution < -0.4 is 5.32 Å². The molecule has 1 amide bonds. The van der Waals surface area contributed by atoms with Gasteiger partial charge in [-0.05, 0) is 89.9 Å². The minimum absolute atomic E-state index is 0.105. The number of carbonyl (C=O) groups is 2. The molecule has 476 valence electrons. The van der Waals surface area contributed by atoms with Crippen molar-refractivity contribution in [1.29, 1.82) is 0 Å². The number of ether oxygens (including phenoxy) is 3. The number of allylic oxidation sites excluding steroid dienone is 17. The van der Waals surface area contributed by atoms with E-state index in [1.54, 1.807) is 6.08 Å². The van der Waals surface area contributed by atoms with E-state index in [1.165, 1.54) is 96.3 Å². The number of hydrogen-bond acceptors (Lipinski definition) is 10. The summed E-state index contributed by atoms with van der Waals surface area (Å²) in [7, 11) is 0. The van der Waals surface area contributed by atoms with E-state index in [-0.39, 0.29) is 19.4 Å². The molecule has 6 N–H and O–H groups in total. The van der Waals surface area contributed by atoms with Crippen LogP contribution in [0.5, 0.6) is 0 Å². The molecule has 1 heterocycles. The Morgan fingerprint density at radius 3 is 1.43 bits per heavy atom. The number of amides is 1. The first-order valence-electron chi connectivity index (χ1n) is 33.7. The Balaban J connectivity index is 2.61. The zero-order valence-corrected chi connectivity index (χ0v) is 52.8. The quantitative estimate of drug-likeness (QED) is 0.0149. The molecule has 8 atom stereocenters. The number of aliphatic hydroxyl groups is 5. The van der Waals surface area contributed by atoms with Gasteiger partial charge in [0, 0.05) is 6.42 Å². The summed E-state index contributed by atoms with van der Waals surface area (Å²) in [6.45, 7) is 5.55. The zero-order chi connectivity index (χ0) is 60.3. The average molecular weight is 1160 g/mol. The summed E-state index contributed by atoms with van der Waals surface area (Å²) < 4.78 is 17.6. The van der Waals surface area contributed by atoms with Gasteiger partial charge >= 0.3 is 5.97 Å². The predicted octanol–water partition coefficient (Wildman–Crippen LogP) is 16.8. The molecule has 0 aromatic rings. The smallest absolute Gasteiger partial charge is 0.306 e. The maximum atomic E-state index is 13.5. The van der Waals surface area contributed by atoms with E-state index >= 15 is 0 Å². The Hall–Kier alpha value is -3.68. The van der Waals surface area contributed by atoms with Crippen molar-refractivity contribution in [3.8, 4) is 0 Å². The summed E-state index contributed by atoms with van der Waals surface area (Å²) in [4.78, 5) is 26.6. The fourth-order valence-corrected chi connectivity index (χ4v) is 9.97. The van der Waals surface area contributed by atoms with Gasteiger partial charge in [-0.25, -0.2) is 0 Å². The minimum Gasteiger partial charge on any atom is -0.454 e. The maximum absolute atomic E-state index is 13.5. The summed E-state index contributed by atoms with van der Waals surface area (Å²) in [6, 6.07) is -1.04. The number of aliphatic hydroxyl groups excluding tert-OH is 5. The molecular formula is C72H123NO10. The van der Waals surface area contributed by atoms with Crippen LogP contribution in [0.4, 0.5) is 0 Å². The van der Waals surface area contributed by atoms with Gasteiger partial charge in [0.1, 0.15) is 24.4 Å². The molecule has 1 rings (SSSR count). The van der Waals surface area contributed by atoms with Crippen LogP contribution in [-0.4, -0.2) is 99.6 Å². The van der Waals surface area contributed by atoms with Crippen LogP contribution in [0.1, 0.15) is 271 Å². The molecule has 1 aliphatic heterocycles. The molecule has 83 heavy (non-hydrogen) atoms. The van der Waals surface area contributed by atoms with Crippen molar-refractivity contribution in [1.82, 2.24) is 5.32 Å². The van der Waals surface area contributed by atoms with Gasteiger partial charge in [0.2, 0.25) is 5.91 Å². The summed E-state index contributed by atoms with van der Waals surface area (Å²) in [5.74, 6) is -1.21. The van der Waals surface area contributed by atoms with Gasteiger partial charge in [0.25, 0.3) is 0 Å². The van der Waals surface area contributed by atoms with Crippen molar-refractivity contribution in [2.75, 3.05) is 13.2 Å². The first kappa shape index (κ1) is 77.3. The lowest BCUT2D eigenvalue weighted by Gasteiger charge is -2.41. The lowest BCUT2D eigenvalue weighted by molar-refractivity contribution is -0.305. The molecule has 0 bridgehead atoms. The van der Waals surface area contributed by atoms with E-state index in [1.807, 2.05) is 12.2 Å². The van der Waals surface area contributed by atoms with Gasteiger partial charge < -0.3 is 45.1 Å². The molecule has 11 nitrogen and oxygen atoms in total. The van der Waals surface area contributed by atoms with E-state index in [0.29, 0.717) is 12.8 Å². The van der Waals surface area contributed by atoms with E-state index in [0.717, 1.165) is 128 Å². The second-order valence-electron chi connectivity index (χ2n) is 22.9. The zero-order valence-electron chi connectivity index (χ0n) is 52.8. The Labute approximate surface area is 507 Å². The van der Waals surface area contributed by atoms with Crippen LogP contribution in [0.3, 0.4) is 0 Å². The average Bonchev–Trinajstić information content (AvgIpc) is 3.55. The molecule has 1 saturated heterocycles. The fourth-order valence-electron chi connectivity index (χ4n) is 9.97. The van der Waals surface area contributed by atoms with Crippen molar-refractivity contribution in [2.45, 2.75) is 320 Å². The van der Waals surface area contributed by atoms with Gasteiger partial charge in [-0.2, -0.15) is 0 Å². The van der Waals surface area contributed by atoms with E-state index in [4.69, 9.17) is 14.2 Å². The first-order valence-corrected chi connectivity index (χ1v) is 33.7. The molecule has 0 saturated carbocycles. The number of carbonyl (C=O) groups excluding carboxylic acids is 2. The molecule has 0 aromatic carbocycles. The van der Waals surface area contributed by atoms with Gasteiger partial charge in [-0.15, -0.1) is 0 Å². The third kappa shape index (κ3) is 46.2. The number of esters is 1. The second kappa shape index (κ2) is 58.7. The normalized spacial score (nSPS) is 19.3. The summed E-state index contributed by atoms with van der Waals surface area (Å²) in [5, 5.41) is 57.1. The van der Waals surface area contributed by atoms with E-state index in [2.05, 4.69) is 117 Å². The molecule has 1 aliphatic rings. The van der Waals surface area contributed by atoms with Gasteiger partial charge in [0.05, 0.1) is 25.4 Å². The fraction of sp³-hybridized carbons (Fsp3) is 0.722. The predicted molar refractivity (Wildman–Crippen MR) is 347 cm³/mol. The number of hydrogen-bond donors (Lipinski definition) is 6. The van der Waals surface area contributed by atoms with E-state index in [9.17, 15) is 35.1 Å². The van der Waals surface area contributed by atoms with Crippen LogP contribution in [0, 0.1) is 0 Å². The van der Waals surface area contributed by atoms with Crippen LogP contribution in [0.25, 0.3) is 0 Å². The van der Waals surface area contributed by atoms with Crippen LogP contribution in [0.2, 0.25) is 0 Å². The van der Waals surface area contributed by atoms with Crippen LogP contribution in [-0.2, 0) is 23.8 Å². The molecule has 11 heteroatoms. The molecular weight excluding hydrogens is 1040 g/mol. The summed E-state index contributed by atoms with van der Waals surface area (Å²) in [6.07, 6.45) is 69.8. The molecule has 0 aliphatic carbocycles. The van der Waals surface area contributed by atoms with Crippen LogP contribution >= 0.6 is 0 Å². The van der Waals surface area contributed by atoms with Crippen molar-refractivity contribution >= 4 is 11.9 Å². The molecule has 0 spiro atoms. The Kier molecular flexibility index (Phi) is 54.7. The molecule has 0 radical (unpaired) electrons. The van der Waals surface area contributed by atoms with Crippen molar-refractivity contribution < 1.29 is 49.3 Å². The minimum atomic E-state index is -1.62. The SMILES string of the molecule is CC/C=C\C/C=C\C/C=C\C/C=C\C/C=C\CCCCCCCCCCCCC(O)C(=O)NC(COC1OC(CO)C(O)C(O)C1OC(=O)CCCCCCCCC/C=C/C=C/C=C/CC)C(O)/C=C/CCCCCCCCCCCCC. The molecule has 8 unspecified atom stereocenters. The van der Waals surface area contributed by atoms with Crippen LogP contribution in [0.15, 0.2) is 109 Å². The highest BCUT2D eigenvalue weighted by atomic mass is 16.7. The first-order chi connectivity index (χ1) is 40.7. The topological polar surface area (TPSA) is 175 Å². The lowest BCUT2D eigenvalue weighted by atomic mass is 9.99. The third-order valence-electron chi connectivity index (χ3n) is 15.2. The van der Waals surface area contributed by atoms with Crippen molar-refractivity contribution in [3.05, 3.63) is 109 Å². The van der Waals surface area contributed by atoms with Crippen molar-refractivity contribution in [2.24, 2.45) is 0 Å².